The Balaban J connectivity index is 1.86. The van der Waals surface area contributed by atoms with Crippen molar-refractivity contribution in [1.29, 1.82) is 0 Å². The van der Waals surface area contributed by atoms with Gasteiger partial charge in [0.25, 0.3) is 0 Å². The van der Waals surface area contributed by atoms with E-state index >= 15 is 0 Å². The van der Waals surface area contributed by atoms with Crippen molar-refractivity contribution in [3.05, 3.63) is 43.8 Å². The molecule has 2 aromatic rings. The summed E-state index contributed by atoms with van der Waals surface area (Å²) >= 11 is 3.25. The van der Waals surface area contributed by atoms with E-state index in [4.69, 9.17) is 5.11 Å². The van der Waals surface area contributed by atoms with E-state index in [0.29, 0.717) is 5.56 Å². The molecule has 0 unspecified atom stereocenters. The summed E-state index contributed by atoms with van der Waals surface area (Å²) in [5.41, 5.74) is 1.77. The quantitative estimate of drug-likeness (QED) is 0.853. The van der Waals surface area contributed by atoms with Gasteiger partial charge in [0.1, 0.15) is 0 Å². The van der Waals surface area contributed by atoms with Crippen LogP contribution < -0.4 is 5.32 Å². The average molecular weight is 281 g/mol. The number of hydrogen-bond acceptors (Lipinski definition) is 4. The maximum Gasteiger partial charge on any atom is 0.336 e. The number of rotatable bonds is 6. The van der Waals surface area contributed by atoms with Gasteiger partial charge in [0.15, 0.2) is 0 Å². The van der Waals surface area contributed by atoms with Gasteiger partial charge in [0.2, 0.25) is 0 Å². The topological polar surface area (TPSA) is 49.3 Å². The Labute approximate surface area is 114 Å². The first kappa shape index (κ1) is 13.3. The monoisotopic (exact) mass is 281 g/mol. The Hall–Kier alpha value is -1.17. The van der Waals surface area contributed by atoms with E-state index in [1.165, 1.54) is 21.8 Å². The van der Waals surface area contributed by atoms with E-state index in [-0.39, 0.29) is 0 Å². The molecule has 0 bridgehead atoms. The maximum atomic E-state index is 10.7. The molecule has 0 spiro atoms. The SMILES string of the molecule is CCc1ccsc1CNCc1cc(C(=O)O)cs1. The minimum Gasteiger partial charge on any atom is -0.478 e. The fourth-order valence-electron chi connectivity index (χ4n) is 1.72. The molecule has 18 heavy (non-hydrogen) atoms. The van der Waals surface area contributed by atoms with Crippen molar-refractivity contribution in [2.24, 2.45) is 0 Å². The smallest absolute Gasteiger partial charge is 0.336 e. The van der Waals surface area contributed by atoms with Gasteiger partial charge in [0.05, 0.1) is 5.56 Å². The highest BCUT2D eigenvalue weighted by Crippen LogP contribution is 2.18. The van der Waals surface area contributed by atoms with Gasteiger partial charge in [-0.2, -0.15) is 0 Å². The zero-order valence-electron chi connectivity index (χ0n) is 10.1. The summed E-state index contributed by atoms with van der Waals surface area (Å²) in [6.07, 6.45) is 1.06. The molecule has 2 aromatic heterocycles. The van der Waals surface area contributed by atoms with E-state index in [2.05, 4.69) is 23.7 Å². The highest BCUT2D eigenvalue weighted by Gasteiger charge is 2.06. The molecule has 0 radical (unpaired) electrons. The molecule has 0 amide bonds. The van der Waals surface area contributed by atoms with Crippen LogP contribution in [0, 0.1) is 0 Å². The number of carboxylic acid groups (broad SMARTS) is 1. The largest absolute Gasteiger partial charge is 0.478 e. The van der Waals surface area contributed by atoms with Gasteiger partial charge in [-0.3, -0.25) is 0 Å². The van der Waals surface area contributed by atoms with E-state index in [9.17, 15) is 4.79 Å². The summed E-state index contributed by atoms with van der Waals surface area (Å²) in [6, 6.07) is 3.89. The highest BCUT2D eigenvalue weighted by atomic mass is 32.1. The van der Waals surface area contributed by atoms with Gasteiger partial charge >= 0.3 is 5.97 Å². The lowest BCUT2D eigenvalue weighted by molar-refractivity contribution is 0.0697. The van der Waals surface area contributed by atoms with Crippen LogP contribution in [-0.4, -0.2) is 11.1 Å². The van der Waals surface area contributed by atoms with Crippen molar-refractivity contribution in [3.8, 4) is 0 Å². The molecule has 2 rings (SSSR count). The molecule has 0 saturated carbocycles. The standard InChI is InChI=1S/C13H15NO2S2/c1-2-9-3-4-17-12(9)7-14-6-11-5-10(8-18-11)13(15)16/h3-5,8,14H,2,6-7H2,1H3,(H,15,16). The zero-order valence-corrected chi connectivity index (χ0v) is 11.7. The molecule has 96 valence electrons. The van der Waals surface area contributed by atoms with Crippen molar-refractivity contribution >= 4 is 28.6 Å². The number of carboxylic acids is 1. The summed E-state index contributed by atoms with van der Waals surface area (Å²) in [4.78, 5) is 13.2. The molecule has 0 aliphatic carbocycles. The fourth-order valence-corrected chi connectivity index (χ4v) is 3.50. The minimum atomic E-state index is -0.857. The Morgan fingerprint density at radius 3 is 2.89 bits per heavy atom. The van der Waals surface area contributed by atoms with Crippen LogP contribution in [0.1, 0.15) is 32.6 Å². The van der Waals surface area contributed by atoms with Crippen LogP contribution in [-0.2, 0) is 19.5 Å². The molecule has 0 atom stereocenters. The zero-order chi connectivity index (χ0) is 13.0. The number of thiophene rings is 2. The van der Waals surface area contributed by atoms with Crippen LogP contribution in [0.5, 0.6) is 0 Å². The van der Waals surface area contributed by atoms with Crippen molar-refractivity contribution in [3.63, 3.8) is 0 Å². The van der Waals surface area contributed by atoms with Gasteiger partial charge in [0, 0.05) is 28.2 Å². The van der Waals surface area contributed by atoms with Gasteiger partial charge in [-0.25, -0.2) is 4.79 Å². The van der Waals surface area contributed by atoms with Crippen LogP contribution in [0.25, 0.3) is 0 Å². The van der Waals surface area contributed by atoms with Crippen LogP contribution in [0.4, 0.5) is 0 Å². The summed E-state index contributed by atoms with van der Waals surface area (Å²) in [6.45, 7) is 3.73. The van der Waals surface area contributed by atoms with Crippen molar-refractivity contribution in [2.45, 2.75) is 26.4 Å². The maximum absolute atomic E-state index is 10.7. The van der Waals surface area contributed by atoms with Crippen LogP contribution in [0.15, 0.2) is 22.9 Å². The Morgan fingerprint density at radius 2 is 2.22 bits per heavy atom. The molecule has 0 aliphatic rings. The second-order valence-electron chi connectivity index (χ2n) is 3.93. The summed E-state index contributed by atoms with van der Waals surface area (Å²) in [7, 11) is 0. The molecule has 5 heteroatoms. The van der Waals surface area contributed by atoms with Crippen molar-refractivity contribution < 1.29 is 9.90 Å². The third kappa shape index (κ3) is 3.19. The Bertz CT molecular complexity index is 531. The second kappa shape index (κ2) is 6.13. The summed E-state index contributed by atoms with van der Waals surface area (Å²) in [5.74, 6) is -0.857. The second-order valence-corrected chi connectivity index (χ2v) is 5.93. The van der Waals surface area contributed by atoms with Gasteiger partial charge in [-0.05, 0) is 29.5 Å². The van der Waals surface area contributed by atoms with Crippen molar-refractivity contribution in [2.75, 3.05) is 0 Å². The molecule has 0 fully saturated rings. The first-order valence-corrected chi connectivity index (χ1v) is 7.53. The Morgan fingerprint density at radius 1 is 1.39 bits per heavy atom. The van der Waals surface area contributed by atoms with Gasteiger partial charge < -0.3 is 10.4 Å². The van der Waals surface area contributed by atoms with Gasteiger partial charge in [-0.1, -0.05) is 6.92 Å². The predicted octanol–water partition coefficient (Wildman–Crippen LogP) is 3.36. The molecule has 0 aliphatic heterocycles. The van der Waals surface area contributed by atoms with E-state index in [1.54, 1.807) is 22.8 Å². The molecule has 2 N–H and O–H groups in total. The molecule has 0 saturated heterocycles. The number of carbonyl (C=O) groups is 1. The lowest BCUT2D eigenvalue weighted by Gasteiger charge is -2.03. The molecular formula is C13H15NO2S2. The number of aryl methyl sites for hydroxylation is 1. The predicted molar refractivity (Wildman–Crippen MR) is 75.5 cm³/mol. The fraction of sp³-hybridized carbons (Fsp3) is 0.308. The molecule has 3 nitrogen and oxygen atoms in total. The number of hydrogen-bond donors (Lipinski definition) is 2. The third-order valence-electron chi connectivity index (χ3n) is 2.70. The molecule has 0 aromatic carbocycles. The minimum absolute atomic E-state index is 0.377. The first-order chi connectivity index (χ1) is 8.70. The number of aromatic carboxylic acids is 1. The van der Waals surface area contributed by atoms with Crippen molar-refractivity contribution in [1.82, 2.24) is 5.32 Å². The molecule has 2 heterocycles. The average Bonchev–Trinajstić information content (AvgIpc) is 2.97. The van der Waals surface area contributed by atoms with E-state index in [0.717, 1.165) is 24.4 Å². The van der Waals surface area contributed by atoms with Crippen LogP contribution in [0.2, 0.25) is 0 Å². The lowest BCUT2D eigenvalue weighted by Crippen LogP contribution is -2.11. The van der Waals surface area contributed by atoms with Crippen LogP contribution in [0.3, 0.4) is 0 Å². The normalized spacial score (nSPS) is 10.7. The highest BCUT2D eigenvalue weighted by molar-refractivity contribution is 7.10. The lowest BCUT2D eigenvalue weighted by atomic mass is 10.2. The van der Waals surface area contributed by atoms with Gasteiger partial charge in [-0.15, -0.1) is 22.7 Å². The van der Waals surface area contributed by atoms with E-state index < -0.39 is 5.97 Å². The first-order valence-electron chi connectivity index (χ1n) is 5.77. The summed E-state index contributed by atoms with van der Waals surface area (Å²) in [5, 5.41) is 16.0. The third-order valence-corrected chi connectivity index (χ3v) is 4.60. The number of nitrogens with one attached hydrogen (secondary N) is 1. The van der Waals surface area contributed by atoms with E-state index in [1.807, 2.05) is 0 Å². The molecular weight excluding hydrogens is 266 g/mol. The summed E-state index contributed by atoms with van der Waals surface area (Å²) < 4.78 is 0. The van der Waals surface area contributed by atoms with Crippen LogP contribution >= 0.6 is 22.7 Å². The Kier molecular flexibility index (Phi) is 4.52.